The lowest BCUT2D eigenvalue weighted by molar-refractivity contribution is 0.0294. The van der Waals surface area contributed by atoms with Gasteiger partial charge in [-0.1, -0.05) is 13.8 Å². The Morgan fingerprint density at radius 3 is 2.64 bits per heavy atom. The highest BCUT2D eigenvalue weighted by atomic mass is 16.5. The second kappa shape index (κ2) is 9.77. The first-order valence-corrected chi connectivity index (χ1v) is 13.2. The number of nitrogens with one attached hydrogen (secondary N) is 1. The van der Waals surface area contributed by atoms with E-state index in [1.807, 2.05) is 22.8 Å². The molecule has 2 aliphatic heterocycles. The second-order valence-corrected chi connectivity index (χ2v) is 11.0. The summed E-state index contributed by atoms with van der Waals surface area (Å²) in [4.78, 5) is 41.3. The Bertz CT molecular complexity index is 1590. The van der Waals surface area contributed by atoms with Crippen LogP contribution < -0.4 is 15.6 Å². The number of carbonyl (C=O) groups excluding carboxylic acids is 2. The topological polar surface area (TPSA) is 109 Å². The highest BCUT2D eigenvalue weighted by Gasteiger charge is 2.45. The molecule has 1 aromatic carbocycles. The standard InChI is InChI=1S/C30H33N5O4/c1-18(2)13-20-14-24(29(38)35-12-9-30(35,3)17-31)34-11-8-19-15-25(39-5)22(16-21(19)26(20)34)27(36)32-23-7-6-10-33(4)28(23)37/h6-7,10,14-16,18H,8-9,11-13H2,1-5H3,(H,32,36)/t30-/m1/s1. The van der Waals surface area contributed by atoms with Crippen LogP contribution in [0.2, 0.25) is 0 Å². The van der Waals surface area contributed by atoms with Crippen LogP contribution in [0.4, 0.5) is 5.69 Å². The molecule has 1 N–H and O–H groups in total. The van der Waals surface area contributed by atoms with Gasteiger partial charge in [0.25, 0.3) is 17.4 Å². The lowest BCUT2D eigenvalue weighted by atomic mass is 9.88. The fraction of sp³-hybridized carbons (Fsp3) is 0.400. The monoisotopic (exact) mass is 527 g/mol. The predicted molar refractivity (Wildman–Crippen MR) is 148 cm³/mol. The van der Waals surface area contributed by atoms with Crippen LogP contribution in [0.1, 0.15) is 59.2 Å². The summed E-state index contributed by atoms with van der Waals surface area (Å²) < 4.78 is 9.04. The first-order valence-electron chi connectivity index (χ1n) is 13.2. The van der Waals surface area contributed by atoms with Crippen LogP contribution in [0.3, 0.4) is 0 Å². The molecule has 0 radical (unpaired) electrons. The Hall–Kier alpha value is -4.32. The lowest BCUT2D eigenvalue weighted by Crippen LogP contribution is -2.59. The molecule has 0 spiro atoms. The van der Waals surface area contributed by atoms with Gasteiger partial charge in [-0.25, -0.2) is 0 Å². The Morgan fingerprint density at radius 1 is 1.23 bits per heavy atom. The van der Waals surface area contributed by atoms with Crippen molar-refractivity contribution in [3.8, 4) is 23.1 Å². The lowest BCUT2D eigenvalue weighted by Gasteiger charge is -2.45. The Morgan fingerprint density at radius 2 is 2.00 bits per heavy atom. The van der Waals surface area contributed by atoms with Gasteiger partial charge >= 0.3 is 0 Å². The number of nitrogens with zero attached hydrogens (tertiary/aromatic N) is 4. The van der Waals surface area contributed by atoms with Gasteiger partial charge in [0.2, 0.25) is 0 Å². The summed E-state index contributed by atoms with van der Waals surface area (Å²) >= 11 is 0. The molecule has 3 aromatic rings. The van der Waals surface area contributed by atoms with E-state index in [0.717, 1.165) is 28.8 Å². The number of fused-ring (bicyclic) bond motifs is 3. The van der Waals surface area contributed by atoms with Crippen molar-refractivity contribution in [2.24, 2.45) is 13.0 Å². The quantitative estimate of drug-likeness (QED) is 0.521. The molecule has 2 aromatic heterocycles. The van der Waals surface area contributed by atoms with Crippen LogP contribution in [0.15, 0.2) is 41.3 Å². The van der Waals surface area contributed by atoms with E-state index in [1.54, 1.807) is 37.2 Å². The SMILES string of the molecule is COc1cc2c(cc1C(=O)Nc1cccn(C)c1=O)-c1c(CC(C)C)cc(C(=O)N3CC[C@]3(C)C#N)n1CC2. The van der Waals surface area contributed by atoms with Crippen LogP contribution in [-0.4, -0.2) is 45.0 Å². The van der Waals surface area contributed by atoms with Gasteiger partial charge in [0.05, 0.1) is 24.4 Å². The van der Waals surface area contributed by atoms with Crippen molar-refractivity contribution in [3.63, 3.8) is 0 Å². The van der Waals surface area contributed by atoms with Gasteiger partial charge in [0.15, 0.2) is 0 Å². The second-order valence-electron chi connectivity index (χ2n) is 11.0. The largest absolute Gasteiger partial charge is 0.496 e. The third kappa shape index (κ3) is 4.40. The first kappa shape index (κ1) is 26.3. The van der Waals surface area contributed by atoms with E-state index in [-0.39, 0.29) is 17.2 Å². The minimum atomic E-state index is -0.792. The first-order chi connectivity index (χ1) is 18.6. The van der Waals surface area contributed by atoms with Gasteiger partial charge in [0, 0.05) is 38.3 Å². The average Bonchev–Trinajstić information content (AvgIpc) is 3.27. The number of aryl methyl sites for hydroxylation is 2. The summed E-state index contributed by atoms with van der Waals surface area (Å²) in [7, 11) is 3.14. The molecule has 9 heteroatoms. The third-order valence-electron chi connectivity index (χ3n) is 7.83. The Labute approximate surface area is 227 Å². The molecule has 1 fully saturated rings. The maximum absolute atomic E-state index is 13.7. The van der Waals surface area contributed by atoms with Crippen molar-refractivity contribution in [2.45, 2.75) is 52.1 Å². The molecule has 5 rings (SSSR count). The van der Waals surface area contributed by atoms with E-state index in [0.29, 0.717) is 48.9 Å². The summed E-state index contributed by atoms with van der Waals surface area (Å²) in [5, 5.41) is 12.4. The number of hydrogen-bond acceptors (Lipinski definition) is 5. The van der Waals surface area contributed by atoms with Gasteiger partial charge in [-0.15, -0.1) is 0 Å². The average molecular weight is 528 g/mol. The van der Waals surface area contributed by atoms with Crippen molar-refractivity contribution in [3.05, 3.63) is 69.3 Å². The molecule has 2 amide bonds. The Kier molecular flexibility index (Phi) is 6.59. The number of rotatable bonds is 6. The molecule has 0 bridgehead atoms. The highest BCUT2D eigenvalue weighted by molar-refractivity contribution is 6.07. The van der Waals surface area contributed by atoms with E-state index >= 15 is 0 Å². The van der Waals surface area contributed by atoms with Crippen molar-refractivity contribution in [1.29, 1.82) is 5.26 Å². The molecule has 0 unspecified atom stereocenters. The number of anilines is 1. The van der Waals surface area contributed by atoms with Gasteiger partial charge in [0.1, 0.15) is 22.7 Å². The van der Waals surface area contributed by atoms with Crippen LogP contribution in [0.25, 0.3) is 11.3 Å². The van der Waals surface area contributed by atoms with E-state index in [1.165, 1.54) is 11.7 Å². The normalized spacial score (nSPS) is 17.6. The summed E-state index contributed by atoms with van der Waals surface area (Å²) in [5.74, 6) is 0.172. The molecule has 2 aliphatic rings. The molecular weight excluding hydrogens is 494 g/mol. The summed E-state index contributed by atoms with van der Waals surface area (Å²) in [6.45, 7) is 7.22. The van der Waals surface area contributed by atoms with Gasteiger partial charge in [-0.05, 0) is 67.1 Å². The number of carbonyl (C=O) groups is 2. The molecule has 0 saturated carbocycles. The van der Waals surface area contributed by atoms with Crippen LogP contribution in [-0.2, 0) is 26.4 Å². The van der Waals surface area contributed by atoms with E-state index in [9.17, 15) is 19.6 Å². The van der Waals surface area contributed by atoms with E-state index < -0.39 is 11.4 Å². The third-order valence-corrected chi connectivity index (χ3v) is 7.83. The van der Waals surface area contributed by atoms with E-state index in [4.69, 9.17) is 4.74 Å². The van der Waals surface area contributed by atoms with Crippen molar-refractivity contribution in [1.82, 2.24) is 14.0 Å². The molecule has 1 saturated heterocycles. The number of aromatic nitrogens is 2. The molecule has 39 heavy (non-hydrogen) atoms. The maximum Gasteiger partial charge on any atom is 0.274 e. The minimum absolute atomic E-state index is 0.142. The number of amides is 2. The minimum Gasteiger partial charge on any atom is -0.496 e. The number of hydrogen-bond donors (Lipinski definition) is 1. The Balaban J connectivity index is 1.61. The fourth-order valence-corrected chi connectivity index (χ4v) is 5.58. The van der Waals surface area contributed by atoms with Gasteiger partial charge in [-0.2, -0.15) is 5.26 Å². The number of likely N-dealkylation sites (tertiary alicyclic amines) is 1. The van der Waals surface area contributed by atoms with E-state index in [2.05, 4.69) is 25.2 Å². The smallest absolute Gasteiger partial charge is 0.274 e. The van der Waals surface area contributed by atoms with Crippen molar-refractivity contribution >= 4 is 17.5 Å². The maximum atomic E-state index is 13.7. The van der Waals surface area contributed by atoms with Gasteiger partial charge < -0.3 is 24.1 Å². The van der Waals surface area contributed by atoms with Crippen LogP contribution in [0.5, 0.6) is 5.75 Å². The number of ether oxygens (including phenoxy) is 1. The highest BCUT2D eigenvalue weighted by Crippen LogP contribution is 2.41. The van der Waals surface area contributed by atoms with Crippen molar-refractivity contribution in [2.75, 3.05) is 19.0 Å². The number of nitriles is 1. The molecule has 9 nitrogen and oxygen atoms in total. The van der Waals surface area contributed by atoms with Crippen LogP contribution in [0, 0.1) is 17.2 Å². The summed E-state index contributed by atoms with van der Waals surface area (Å²) in [6, 6.07) is 11.2. The molecule has 4 heterocycles. The number of benzene rings is 1. The predicted octanol–water partition coefficient (Wildman–Crippen LogP) is 4.00. The van der Waals surface area contributed by atoms with Crippen molar-refractivity contribution < 1.29 is 14.3 Å². The molecular formula is C30H33N5O4. The zero-order valence-corrected chi connectivity index (χ0v) is 23.0. The molecule has 202 valence electrons. The molecule has 1 atom stereocenters. The zero-order chi connectivity index (χ0) is 28.1. The number of methoxy groups -OCH3 is 1. The molecule has 0 aliphatic carbocycles. The van der Waals surface area contributed by atoms with Crippen LogP contribution >= 0.6 is 0 Å². The summed E-state index contributed by atoms with van der Waals surface area (Å²) in [6.07, 6.45) is 3.70. The summed E-state index contributed by atoms with van der Waals surface area (Å²) in [5.41, 5.74) is 3.79. The zero-order valence-electron chi connectivity index (χ0n) is 23.0. The van der Waals surface area contributed by atoms with Gasteiger partial charge in [-0.3, -0.25) is 14.4 Å². The number of pyridine rings is 1. The fourth-order valence-electron chi connectivity index (χ4n) is 5.58.